The van der Waals surface area contributed by atoms with Gasteiger partial charge in [0, 0.05) is 16.7 Å². The summed E-state index contributed by atoms with van der Waals surface area (Å²) in [6.07, 6.45) is 0. The molecule has 0 fully saturated rings. The van der Waals surface area contributed by atoms with E-state index in [4.69, 9.17) is 15.0 Å². The summed E-state index contributed by atoms with van der Waals surface area (Å²) in [5.74, 6) is 1.90. The predicted octanol–water partition coefficient (Wildman–Crippen LogP) is 16.2. The van der Waals surface area contributed by atoms with Gasteiger partial charge in [-0.2, -0.15) is 0 Å². The third-order valence-corrected chi connectivity index (χ3v) is 12.5. The van der Waals surface area contributed by atoms with Gasteiger partial charge in [-0.15, -0.1) is 0 Å². The zero-order chi connectivity index (χ0) is 42.4. The van der Waals surface area contributed by atoms with Gasteiger partial charge < -0.3 is 0 Å². The van der Waals surface area contributed by atoms with E-state index in [2.05, 4.69) is 237 Å². The topological polar surface area (TPSA) is 38.7 Å². The van der Waals surface area contributed by atoms with Crippen molar-refractivity contribution in [2.75, 3.05) is 0 Å². The number of benzene rings is 11. The number of hydrogen-bond donors (Lipinski definition) is 0. The first kappa shape index (κ1) is 37.2. The van der Waals surface area contributed by atoms with Crippen molar-refractivity contribution in [1.82, 2.24) is 15.0 Å². The van der Waals surface area contributed by atoms with Crippen molar-refractivity contribution in [2.24, 2.45) is 0 Å². The molecule has 0 N–H and O–H groups in total. The fraction of sp³-hybridized carbons (Fsp3) is 0. The molecule has 0 spiro atoms. The standard InChI is InChI=1S/C61H39N3/c1-2-14-47-39-52(34-29-40(47)11-1)61-63-59(46-32-30-45(31-33-46)54-22-8-15-43-12-3-5-20-53(43)54)62-60(64-61)51-19-7-17-48(38-51)41-25-27-42(28-26-41)49-35-36-56-50(37-49)18-10-24-58(56)57-23-9-16-44-13-4-6-21-55(44)57/h1-39H. The molecular formula is C61H39N3. The Labute approximate surface area is 371 Å². The maximum atomic E-state index is 5.15. The van der Waals surface area contributed by atoms with Crippen LogP contribution < -0.4 is 0 Å². The number of aromatic nitrogens is 3. The van der Waals surface area contributed by atoms with E-state index in [1.165, 1.54) is 65.5 Å². The molecule has 0 radical (unpaired) electrons. The highest BCUT2D eigenvalue weighted by Crippen LogP contribution is 2.37. The van der Waals surface area contributed by atoms with Gasteiger partial charge in [0.25, 0.3) is 0 Å². The second kappa shape index (κ2) is 15.7. The molecule has 3 heteroatoms. The largest absolute Gasteiger partial charge is 0.208 e. The summed E-state index contributed by atoms with van der Waals surface area (Å²) in [6, 6.07) is 84.4. The molecular weight excluding hydrogens is 775 g/mol. The zero-order valence-electron chi connectivity index (χ0n) is 34.9. The van der Waals surface area contributed by atoms with Crippen LogP contribution >= 0.6 is 0 Å². The van der Waals surface area contributed by atoms with Crippen LogP contribution in [0.25, 0.3) is 122 Å². The van der Waals surface area contributed by atoms with Crippen molar-refractivity contribution in [3.05, 3.63) is 237 Å². The van der Waals surface area contributed by atoms with Crippen LogP contribution in [0.3, 0.4) is 0 Å². The molecule has 1 aromatic heterocycles. The molecule has 298 valence electrons. The van der Waals surface area contributed by atoms with E-state index >= 15 is 0 Å². The predicted molar refractivity (Wildman–Crippen MR) is 268 cm³/mol. The monoisotopic (exact) mass is 813 g/mol. The van der Waals surface area contributed by atoms with Gasteiger partial charge in [0.05, 0.1) is 0 Å². The normalized spacial score (nSPS) is 11.4. The minimum absolute atomic E-state index is 0.629. The van der Waals surface area contributed by atoms with E-state index in [1.54, 1.807) is 0 Å². The first-order valence-electron chi connectivity index (χ1n) is 21.7. The summed E-state index contributed by atoms with van der Waals surface area (Å²) < 4.78 is 0. The highest BCUT2D eigenvalue weighted by Gasteiger charge is 2.15. The molecule has 3 nitrogen and oxygen atoms in total. The Hall–Kier alpha value is -8.53. The van der Waals surface area contributed by atoms with Crippen molar-refractivity contribution in [3.63, 3.8) is 0 Å². The second-order valence-corrected chi connectivity index (χ2v) is 16.4. The number of rotatable bonds is 7. The van der Waals surface area contributed by atoms with Gasteiger partial charge in [0.2, 0.25) is 0 Å². The molecule has 11 aromatic carbocycles. The van der Waals surface area contributed by atoms with Crippen molar-refractivity contribution in [2.45, 2.75) is 0 Å². The summed E-state index contributed by atoms with van der Waals surface area (Å²) in [7, 11) is 0. The van der Waals surface area contributed by atoms with E-state index < -0.39 is 0 Å². The minimum atomic E-state index is 0.629. The van der Waals surface area contributed by atoms with Gasteiger partial charge >= 0.3 is 0 Å². The van der Waals surface area contributed by atoms with E-state index in [-0.39, 0.29) is 0 Å². The highest BCUT2D eigenvalue weighted by atomic mass is 15.0. The van der Waals surface area contributed by atoms with E-state index in [9.17, 15) is 0 Å². The first-order chi connectivity index (χ1) is 31.7. The Morgan fingerprint density at radius 3 is 1.25 bits per heavy atom. The molecule has 12 rings (SSSR count). The fourth-order valence-electron chi connectivity index (χ4n) is 9.22. The number of hydrogen-bond acceptors (Lipinski definition) is 3. The smallest absolute Gasteiger partial charge is 0.164 e. The minimum Gasteiger partial charge on any atom is -0.208 e. The molecule has 0 aliphatic rings. The van der Waals surface area contributed by atoms with Crippen molar-refractivity contribution in [3.8, 4) is 78.7 Å². The summed E-state index contributed by atoms with van der Waals surface area (Å²) in [6.45, 7) is 0. The lowest BCUT2D eigenvalue weighted by molar-refractivity contribution is 1.07. The third kappa shape index (κ3) is 6.86. The van der Waals surface area contributed by atoms with Crippen LogP contribution in [0.5, 0.6) is 0 Å². The Morgan fingerprint density at radius 1 is 0.188 bits per heavy atom. The van der Waals surface area contributed by atoms with Crippen LogP contribution in [0.1, 0.15) is 0 Å². The number of nitrogens with zero attached hydrogens (tertiary/aromatic N) is 3. The van der Waals surface area contributed by atoms with Crippen LogP contribution in [-0.4, -0.2) is 15.0 Å². The maximum absolute atomic E-state index is 5.15. The SMILES string of the molecule is c1cc(-c2ccc(-c3ccc4c(-c5cccc6ccccc56)cccc4c3)cc2)cc(-c2nc(-c3ccc(-c4cccc5ccccc45)cc3)nc(-c3ccc4ccccc4c3)n2)c1. The van der Waals surface area contributed by atoms with E-state index in [0.717, 1.165) is 38.8 Å². The Kier molecular flexibility index (Phi) is 9.16. The molecule has 64 heavy (non-hydrogen) atoms. The quantitative estimate of drug-likeness (QED) is 0.161. The lowest BCUT2D eigenvalue weighted by atomic mass is 9.92. The van der Waals surface area contributed by atoms with Crippen LogP contribution in [0, 0.1) is 0 Å². The van der Waals surface area contributed by atoms with Gasteiger partial charge in [0.1, 0.15) is 0 Å². The molecule has 0 aliphatic heterocycles. The van der Waals surface area contributed by atoms with Gasteiger partial charge in [-0.1, -0.05) is 218 Å². The third-order valence-electron chi connectivity index (χ3n) is 12.5. The molecule has 0 saturated carbocycles. The lowest BCUT2D eigenvalue weighted by Crippen LogP contribution is -2.00. The van der Waals surface area contributed by atoms with Crippen molar-refractivity contribution < 1.29 is 0 Å². The second-order valence-electron chi connectivity index (χ2n) is 16.4. The molecule has 0 amide bonds. The summed E-state index contributed by atoms with van der Waals surface area (Å²) in [5.41, 5.74) is 12.2. The molecule has 0 bridgehead atoms. The highest BCUT2D eigenvalue weighted by molar-refractivity contribution is 6.06. The first-order valence-corrected chi connectivity index (χ1v) is 21.7. The average Bonchev–Trinajstić information content (AvgIpc) is 3.38. The van der Waals surface area contributed by atoms with Gasteiger partial charge in [-0.25, -0.2) is 15.0 Å². The van der Waals surface area contributed by atoms with Gasteiger partial charge in [0.15, 0.2) is 17.5 Å². The Balaban J connectivity index is 0.885. The maximum Gasteiger partial charge on any atom is 0.164 e. The molecule has 0 atom stereocenters. The zero-order valence-corrected chi connectivity index (χ0v) is 34.9. The molecule has 0 saturated heterocycles. The van der Waals surface area contributed by atoms with Crippen LogP contribution in [0.15, 0.2) is 237 Å². The van der Waals surface area contributed by atoms with Crippen LogP contribution in [-0.2, 0) is 0 Å². The summed E-state index contributed by atoms with van der Waals surface area (Å²) in [4.78, 5) is 15.4. The van der Waals surface area contributed by atoms with E-state index in [0.29, 0.717) is 17.5 Å². The van der Waals surface area contributed by atoms with Crippen molar-refractivity contribution in [1.29, 1.82) is 0 Å². The molecule has 0 aliphatic carbocycles. The lowest BCUT2D eigenvalue weighted by Gasteiger charge is -2.12. The molecule has 1 heterocycles. The van der Waals surface area contributed by atoms with Crippen LogP contribution in [0.2, 0.25) is 0 Å². The van der Waals surface area contributed by atoms with E-state index in [1.807, 2.05) is 0 Å². The summed E-state index contributed by atoms with van der Waals surface area (Å²) in [5, 5.41) is 9.76. The van der Waals surface area contributed by atoms with Gasteiger partial charge in [-0.3, -0.25) is 0 Å². The molecule has 0 unspecified atom stereocenters. The van der Waals surface area contributed by atoms with Crippen molar-refractivity contribution >= 4 is 43.1 Å². The van der Waals surface area contributed by atoms with Gasteiger partial charge in [-0.05, 0) is 106 Å². The average molecular weight is 814 g/mol. The molecule has 12 aromatic rings. The Bertz CT molecular complexity index is 3710. The summed E-state index contributed by atoms with van der Waals surface area (Å²) >= 11 is 0. The van der Waals surface area contributed by atoms with Crippen LogP contribution in [0.4, 0.5) is 0 Å². The number of fused-ring (bicyclic) bond motifs is 4. The fourth-order valence-corrected chi connectivity index (χ4v) is 9.22. The Morgan fingerprint density at radius 2 is 0.578 bits per heavy atom.